The maximum atomic E-state index is 10.8. The molecular formula is C19H14ClN3O4. The van der Waals surface area contributed by atoms with E-state index in [0.717, 1.165) is 5.56 Å². The van der Waals surface area contributed by atoms with Crippen molar-refractivity contribution in [2.45, 2.75) is 6.92 Å². The number of halogens is 1. The number of non-ortho nitro benzene ring substituents is 1. The van der Waals surface area contributed by atoms with Crippen LogP contribution in [0.5, 0.6) is 5.95 Å². The van der Waals surface area contributed by atoms with E-state index in [-0.39, 0.29) is 23.2 Å². The largest absolute Gasteiger partial charge is 0.479 e. The van der Waals surface area contributed by atoms with Crippen LogP contribution in [-0.4, -0.2) is 21.2 Å². The summed E-state index contributed by atoms with van der Waals surface area (Å²) in [6.45, 7) is 1.87. The maximum Gasteiger partial charge on any atom is 0.312 e. The van der Waals surface area contributed by atoms with E-state index in [9.17, 15) is 15.2 Å². The summed E-state index contributed by atoms with van der Waals surface area (Å²) >= 11 is 5.91. The van der Waals surface area contributed by atoms with Crippen molar-refractivity contribution in [3.8, 4) is 5.95 Å². The molecule has 2 aromatic carbocycles. The number of nitrogens with zero attached hydrogens (tertiary/aromatic N) is 3. The van der Waals surface area contributed by atoms with Gasteiger partial charge in [0.25, 0.3) is 5.69 Å². The molecule has 0 aliphatic heterocycles. The van der Waals surface area contributed by atoms with E-state index in [1.54, 1.807) is 36.4 Å². The standard InChI is InChI=1S/C19H14ClN3O4/c1-12-9-14(20)6-7-16(12)21-11-17-19(24)27-18(22-17)8-5-13-3-2-4-15(10-13)23(25)26/h2-11,24H,1H3. The van der Waals surface area contributed by atoms with Crippen LogP contribution in [0.3, 0.4) is 0 Å². The quantitative estimate of drug-likeness (QED) is 0.372. The predicted octanol–water partition coefficient (Wildman–Crippen LogP) is 5.17. The number of rotatable bonds is 5. The Hall–Kier alpha value is -3.45. The predicted molar refractivity (Wildman–Crippen MR) is 104 cm³/mol. The summed E-state index contributed by atoms with van der Waals surface area (Å²) in [5, 5.41) is 21.3. The molecule has 0 unspecified atom stereocenters. The second kappa shape index (κ2) is 7.84. The highest BCUT2D eigenvalue weighted by Crippen LogP contribution is 2.24. The number of aliphatic imine (C=N–C) groups is 1. The Morgan fingerprint density at radius 1 is 1.26 bits per heavy atom. The zero-order chi connectivity index (χ0) is 19.4. The lowest BCUT2D eigenvalue weighted by molar-refractivity contribution is -0.384. The lowest BCUT2D eigenvalue weighted by Crippen LogP contribution is -1.87. The van der Waals surface area contributed by atoms with Crippen LogP contribution in [0.4, 0.5) is 11.4 Å². The van der Waals surface area contributed by atoms with Crippen molar-refractivity contribution < 1.29 is 14.4 Å². The molecule has 0 radical (unpaired) electrons. The van der Waals surface area contributed by atoms with Crippen LogP contribution in [0.2, 0.25) is 5.02 Å². The summed E-state index contributed by atoms with van der Waals surface area (Å²) in [5.74, 6) is -0.225. The fraction of sp³-hybridized carbons (Fsp3) is 0.0526. The number of hydrogen-bond acceptors (Lipinski definition) is 6. The third-order valence-corrected chi connectivity index (χ3v) is 3.87. The van der Waals surface area contributed by atoms with Gasteiger partial charge in [-0.25, -0.2) is 4.98 Å². The fourth-order valence-electron chi connectivity index (χ4n) is 2.30. The third-order valence-electron chi connectivity index (χ3n) is 3.64. The van der Waals surface area contributed by atoms with E-state index in [1.165, 1.54) is 24.4 Å². The van der Waals surface area contributed by atoms with E-state index >= 15 is 0 Å². The summed E-state index contributed by atoms with van der Waals surface area (Å²) in [7, 11) is 0. The van der Waals surface area contributed by atoms with Crippen molar-refractivity contribution in [1.82, 2.24) is 4.98 Å². The van der Waals surface area contributed by atoms with E-state index in [0.29, 0.717) is 16.3 Å². The molecule has 1 aromatic heterocycles. The van der Waals surface area contributed by atoms with Crippen LogP contribution < -0.4 is 0 Å². The van der Waals surface area contributed by atoms with Crippen LogP contribution in [0.25, 0.3) is 12.2 Å². The van der Waals surface area contributed by atoms with Gasteiger partial charge in [0, 0.05) is 23.2 Å². The van der Waals surface area contributed by atoms with Crippen molar-refractivity contribution in [3.05, 3.63) is 80.3 Å². The summed E-state index contributed by atoms with van der Waals surface area (Å²) < 4.78 is 5.16. The second-order valence-electron chi connectivity index (χ2n) is 5.62. The van der Waals surface area contributed by atoms with E-state index in [4.69, 9.17) is 16.0 Å². The molecule has 0 atom stereocenters. The number of aromatic nitrogens is 1. The van der Waals surface area contributed by atoms with Gasteiger partial charge in [-0.05, 0) is 42.3 Å². The van der Waals surface area contributed by atoms with Crippen molar-refractivity contribution in [1.29, 1.82) is 0 Å². The molecule has 0 spiro atoms. The van der Waals surface area contributed by atoms with Crippen LogP contribution >= 0.6 is 11.6 Å². The Kier molecular flexibility index (Phi) is 5.33. The number of oxazole rings is 1. The molecule has 0 saturated heterocycles. The minimum absolute atomic E-state index is 0.0152. The summed E-state index contributed by atoms with van der Waals surface area (Å²) in [5.41, 5.74) is 2.33. The van der Waals surface area contributed by atoms with Gasteiger partial charge in [-0.3, -0.25) is 15.1 Å². The number of hydrogen-bond donors (Lipinski definition) is 1. The van der Waals surface area contributed by atoms with Gasteiger partial charge in [-0.2, -0.15) is 0 Å². The molecule has 1 N–H and O–H groups in total. The summed E-state index contributed by atoms with van der Waals surface area (Å²) in [4.78, 5) is 18.7. The SMILES string of the molecule is Cc1cc(Cl)ccc1N=Cc1nc(C=Cc2cccc([N+](=O)[O-])c2)oc1O. The summed E-state index contributed by atoms with van der Waals surface area (Å²) in [6.07, 6.45) is 4.49. The molecule has 0 amide bonds. The Morgan fingerprint density at radius 2 is 2.07 bits per heavy atom. The van der Waals surface area contributed by atoms with Gasteiger partial charge < -0.3 is 9.52 Å². The molecule has 7 nitrogen and oxygen atoms in total. The first kappa shape index (κ1) is 18.3. The number of benzene rings is 2. The lowest BCUT2D eigenvalue weighted by Gasteiger charge is -1.99. The highest BCUT2D eigenvalue weighted by atomic mass is 35.5. The Labute approximate surface area is 159 Å². The Balaban J connectivity index is 1.79. The van der Waals surface area contributed by atoms with Crippen LogP contribution in [-0.2, 0) is 0 Å². The number of nitro groups is 1. The molecule has 1 heterocycles. The average molecular weight is 384 g/mol. The van der Waals surface area contributed by atoms with Crippen LogP contribution in [0.1, 0.15) is 22.7 Å². The van der Waals surface area contributed by atoms with Gasteiger partial charge in [-0.1, -0.05) is 23.7 Å². The van der Waals surface area contributed by atoms with Gasteiger partial charge in [0.2, 0.25) is 5.89 Å². The van der Waals surface area contributed by atoms with Gasteiger partial charge in [0.05, 0.1) is 16.8 Å². The molecule has 0 fully saturated rings. The van der Waals surface area contributed by atoms with Crippen molar-refractivity contribution in [2.24, 2.45) is 4.99 Å². The van der Waals surface area contributed by atoms with Gasteiger partial charge in [0.1, 0.15) is 0 Å². The van der Waals surface area contributed by atoms with E-state index in [2.05, 4.69) is 9.98 Å². The van der Waals surface area contributed by atoms with Gasteiger partial charge in [-0.15, -0.1) is 0 Å². The average Bonchev–Trinajstić information content (AvgIpc) is 2.99. The first-order valence-electron chi connectivity index (χ1n) is 7.85. The molecule has 27 heavy (non-hydrogen) atoms. The van der Waals surface area contributed by atoms with Crippen LogP contribution in [0, 0.1) is 17.0 Å². The molecular weight excluding hydrogens is 370 g/mol. The van der Waals surface area contributed by atoms with Crippen molar-refractivity contribution in [3.63, 3.8) is 0 Å². The molecule has 136 valence electrons. The minimum atomic E-state index is -0.471. The number of aromatic hydroxyl groups is 1. The van der Waals surface area contributed by atoms with Gasteiger partial charge in [0.15, 0.2) is 5.69 Å². The topological polar surface area (TPSA) is 102 Å². The molecule has 0 saturated carbocycles. The first-order valence-corrected chi connectivity index (χ1v) is 8.23. The molecule has 0 aliphatic carbocycles. The Bertz CT molecular complexity index is 1060. The molecule has 0 aliphatic rings. The van der Waals surface area contributed by atoms with Gasteiger partial charge >= 0.3 is 5.95 Å². The highest BCUT2D eigenvalue weighted by molar-refractivity contribution is 6.30. The molecule has 3 aromatic rings. The van der Waals surface area contributed by atoms with Crippen molar-refractivity contribution in [2.75, 3.05) is 0 Å². The number of nitro benzene ring substituents is 1. The molecule has 0 bridgehead atoms. The van der Waals surface area contributed by atoms with Crippen molar-refractivity contribution >= 4 is 41.3 Å². The zero-order valence-electron chi connectivity index (χ0n) is 14.2. The highest BCUT2D eigenvalue weighted by Gasteiger charge is 2.09. The normalized spacial score (nSPS) is 11.5. The van der Waals surface area contributed by atoms with E-state index < -0.39 is 4.92 Å². The molecule has 8 heteroatoms. The third kappa shape index (κ3) is 4.59. The van der Waals surface area contributed by atoms with Crippen LogP contribution in [0.15, 0.2) is 51.9 Å². The summed E-state index contributed by atoms with van der Waals surface area (Å²) in [6, 6.07) is 11.4. The number of aryl methyl sites for hydroxylation is 1. The monoisotopic (exact) mass is 383 g/mol. The smallest absolute Gasteiger partial charge is 0.312 e. The molecule has 3 rings (SSSR count). The maximum absolute atomic E-state index is 10.8. The Morgan fingerprint density at radius 3 is 2.81 bits per heavy atom. The minimum Gasteiger partial charge on any atom is -0.479 e. The zero-order valence-corrected chi connectivity index (χ0v) is 14.9. The lowest BCUT2D eigenvalue weighted by atomic mass is 10.2. The fourth-order valence-corrected chi connectivity index (χ4v) is 2.53. The van der Waals surface area contributed by atoms with E-state index in [1.807, 2.05) is 6.92 Å². The second-order valence-corrected chi connectivity index (χ2v) is 6.05. The first-order chi connectivity index (χ1) is 12.9.